The normalized spacial score (nSPS) is 8.42. The third kappa shape index (κ3) is 15.1. The molecule has 1 heteroatoms. The van der Waals surface area contributed by atoms with Gasteiger partial charge in [-0.15, -0.1) is 6.58 Å². The van der Waals surface area contributed by atoms with Crippen LogP contribution in [-0.4, -0.2) is 6.79 Å². The van der Waals surface area contributed by atoms with E-state index in [1.807, 2.05) is 18.9 Å². The molecule has 0 aromatic heterocycles. The summed E-state index contributed by atoms with van der Waals surface area (Å²) in [6.07, 6.45) is 9.76. The molecular formula is C25H36O. The first-order valence-electron chi connectivity index (χ1n) is 9.36. The molecule has 0 aliphatic carbocycles. The van der Waals surface area contributed by atoms with Crippen molar-refractivity contribution in [3.05, 3.63) is 90.5 Å². The zero-order valence-corrected chi connectivity index (χ0v) is 16.9. The van der Waals surface area contributed by atoms with E-state index in [1.54, 1.807) is 0 Å². The van der Waals surface area contributed by atoms with Crippen molar-refractivity contribution in [2.45, 2.75) is 52.9 Å². The number of hydrogen-bond acceptors (Lipinski definition) is 1. The lowest BCUT2D eigenvalue weighted by molar-refractivity contribution is -0.0979. The highest BCUT2D eigenvalue weighted by Gasteiger charge is 1.87. The highest BCUT2D eigenvalue weighted by Crippen LogP contribution is 2.05. The second-order valence-corrected chi connectivity index (χ2v) is 5.59. The molecule has 0 bridgehead atoms. The van der Waals surface area contributed by atoms with E-state index < -0.39 is 0 Å². The Hall–Kier alpha value is -2.41. The van der Waals surface area contributed by atoms with Gasteiger partial charge in [0.05, 0.1) is 0 Å². The van der Waals surface area contributed by atoms with Crippen LogP contribution in [0.15, 0.2) is 73.8 Å². The summed E-state index contributed by atoms with van der Waals surface area (Å²) < 4.78 is 0. The summed E-state index contributed by atoms with van der Waals surface area (Å²) >= 11 is 0. The van der Waals surface area contributed by atoms with Gasteiger partial charge in [0.2, 0.25) is 0 Å². The van der Waals surface area contributed by atoms with Crippen LogP contribution < -0.4 is 0 Å². The van der Waals surface area contributed by atoms with Gasteiger partial charge in [-0.1, -0.05) is 101 Å². The number of allylic oxidation sites excluding steroid dienone is 1. The largest absolute Gasteiger partial charge is 0.307 e. The average molecular weight is 353 g/mol. The summed E-state index contributed by atoms with van der Waals surface area (Å²) in [5.74, 6) is 0. The van der Waals surface area contributed by atoms with E-state index in [-0.39, 0.29) is 0 Å². The SMILES string of the molecule is C=CCC.C=Cc1ccc(CC)cc1.C=O.CCCCc1ccccc1. The molecule has 142 valence electrons. The van der Waals surface area contributed by atoms with Gasteiger partial charge >= 0.3 is 0 Å². The zero-order chi connectivity index (χ0) is 20.0. The van der Waals surface area contributed by atoms with E-state index in [9.17, 15) is 0 Å². The Bertz CT molecular complexity index is 540. The number of carbonyl (C=O) groups is 1. The van der Waals surface area contributed by atoms with Crippen molar-refractivity contribution in [1.82, 2.24) is 0 Å². The summed E-state index contributed by atoms with van der Waals surface area (Å²) in [4.78, 5) is 8.00. The molecule has 2 aromatic carbocycles. The monoisotopic (exact) mass is 352 g/mol. The highest BCUT2D eigenvalue weighted by molar-refractivity contribution is 5.47. The number of aryl methyl sites for hydroxylation is 2. The van der Waals surface area contributed by atoms with E-state index in [0.29, 0.717) is 0 Å². The van der Waals surface area contributed by atoms with Gasteiger partial charge in [-0.3, -0.25) is 0 Å². The van der Waals surface area contributed by atoms with Gasteiger partial charge in [-0.2, -0.15) is 0 Å². The maximum atomic E-state index is 8.00. The van der Waals surface area contributed by atoms with Crippen molar-refractivity contribution >= 4 is 12.9 Å². The predicted molar refractivity (Wildman–Crippen MR) is 119 cm³/mol. The Morgan fingerprint density at radius 1 is 0.808 bits per heavy atom. The van der Waals surface area contributed by atoms with Crippen LogP contribution in [0.5, 0.6) is 0 Å². The lowest BCUT2D eigenvalue weighted by atomic mass is 10.1. The third-order valence-electron chi connectivity index (χ3n) is 3.57. The third-order valence-corrected chi connectivity index (χ3v) is 3.57. The number of rotatable bonds is 6. The molecule has 0 aliphatic rings. The Kier molecular flexibility index (Phi) is 20.5. The molecular weight excluding hydrogens is 316 g/mol. The van der Waals surface area contributed by atoms with Gasteiger partial charge in [0.1, 0.15) is 6.79 Å². The first-order valence-corrected chi connectivity index (χ1v) is 9.36. The zero-order valence-electron chi connectivity index (χ0n) is 16.9. The molecule has 0 N–H and O–H groups in total. The van der Waals surface area contributed by atoms with E-state index in [2.05, 4.69) is 88.5 Å². The Balaban J connectivity index is 0. The first kappa shape index (κ1) is 25.8. The van der Waals surface area contributed by atoms with E-state index >= 15 is 0 Å². The van der Waals surface area contributed by atoms with Crippen molar-refractivity contribution in [3.63, 3.8) is 0 Å². The molecule has 26 heavy (non-hydrogen) atoms. The van der Waals surface area contributed by atoms with E-state index in [0.717, 1.165) is 12.8 Å². The minimum absolute atomic E-state index is 1.08. The minimum Gasteiger partial charge on any atom is -0.307 e. The van der Waals surface area contributed by atoms with E-state index in [4.69, 9.17) is 4.79 Å². The van der Waals surface area contributed by atoms with Crippen LogP contribution in [0.25, 0.3) is 6.08 Å². The summed E-state index contributed by atoms with van der Waals surface area (Å²) in [7, 11) is 0. The molecule has 0 fully saturated rings. The van der Waals surface area contributed by atoms with Gasteiger partial charge in [-0.05, 0) is 42.4 Å². The molecule has 0 atom stereocenters. The first-order chi connectivity index (χ1) is 12.7. The molecule has 0 heterocycles. The van der Waals surface area contributed by atoms with Gasteiger partial charge in [0, 0.05) is 0 Å². The van der Waals surface area contributed by atoms with Crippen LogP contribution in [0.4, 0.5) is 0 Å². The maximum absolute atomic E-state index is 8.00. The second kappa shape index (κ2) is 20.6. The average Bonchev–Trinajstić information content (AvgIpc) is 2.75. The summed E-state index contributed by atoms with van der Waals surface area (Å²) in [5, 5.41) is 0. The molecule has 0 unspecified atom stereocenters. The molecule has 2 rings (SSSR count). The molecule has 0 saturated heterocycles. The van der Waals surface area contributed by atoms with Crippen molar-refractivity contribution in [2.75, 3.05) is 0 Å². The Labute approximate surface area is 161 Å². The quantitative estimate of drug-likeness (QED) is 0.498. The van der Waals surface area contributed by atoms with Crippen LogP contribution in [0.1, 0.15) is 56.7 Å². The van der Waals surface area contributed by atoms with Crippen LogP contribution in [0.2, 0.25) is 0 Å². The summed E-state index contributed by atoms with van der Waals surface area (Å²) in [6.45, 7) is 15.6. The minimum atomic E-state index is 1.08. The fourth-order valence-electron chi connectivity index (χ4n) is 1.92. The van der Waals surface area contributed by atoms with Crippen LogP contribution >= 0.6 is 0 Å². The second-order valence-electron chi connectivity index (χ2n) is 5.59. The van der Waals surface area contributed by atoms with Crippen LogP contribution in [0.3, 0.4) is 0 Å². The lowest BCUT2D eigenvalue weighted by Crippen LogP contribution is -1.81. The smallest absolute Gasteiger partial charge is 0.106 e. The molecule has 0 spiro atoms. The molecule has 1 nitrogen and oxygen atoms in total. The standard InChI is InChI=1S/C10H12.C10H14.C4H8.CH2O/c1-3-9-5-7-10(4-2)8-6-9;1-2-3-7-10-8-5-4-6-9-10;1-3-4-2;1-2/h3,5-8H,1,4H2,2H3;4-6,8-9H,2-3,7H2,1H3;3H,1,4H2,2H3;1H2. The van der Waals surface area contributed by atoms with Crippen LogP contribution in [-0.2, 0) is 17.6 Å². The summed E-state index contributed by atoms with van der Waals surface area (Å²) in [6, 6.07) is 19.1. The molecule has 0 radical (unpaired) electrons. The Morgan fingerprint density at radius 2 is 1.35 bits per heavy atom. The van der Waals surface area contributed by atoms with Gasteiger partial charge < -0.3 is 4.79 Å². The summed E-state index contributed by atoms with van der Waals surface area (Å²) in [5.41, 5.74) is 4.03. The lowest BCUT2D eigenvalue weighted by Gasteiger charge is -1.96. The van der Waals surface area contributed by atoms with Crippen LogP contribution in [0, 0.1) is 0 Å². The predicted octanol–water partition coefficient (Wildman–Crippen LogP) is 7.32. The number of benzene rings is 2. The van der Waals surface area contributed by atoms with Gasteiger partial charge in [0.15, 0.2) is 0 Å². The van der Waals surface area contributed by atoms with Crippen molar-refractivity contribution in [1.29, 1.82) is 0 Å². The number of hydrogen-bond donors (Lipinski definition) is 0. The maximum Gasteiger partial charge on any atom is 0.106 e. The topological polar surface area (TPSA) is 17.1 Å². The van der Waals surface area contributed by atoms with Crippen molar-refractivity contribution in [3.8, 4) is 0 Å². The van der Waals surface area contributed by atoms with E-state index in [1.165, 1.54) is 36.0 Å². The fraction of sp³-hybridized carbons (Fsp3) is 0.320. The number of unbranched alkanes of at least 4 members (excludes halogenated alkanes) is 1. The molecule has 0 aliphatic heterocycles. The van der Waals surface area contributed by atoms with Crippen molar-refractivity contribution < 1.29 is 4.79 Å². The molecule has 0 saturated carbocycles. The number of carbonyl (C=O) groups excluding carboxylic acids is 1. The fourth-order valence-corrected chi connectivity index (χ4v) is 1.92. The van der Waals surface area contributed by atoms with Gasteiger partial charge in [-0.25, -0.2) is 0 Å². The van der Waals surface area contributed by atoms with Crippen molar-refractivity contribution in [2.24, 2.45) is 0 Å². The molecule has 2 aromatic rings. The highest BCUT2D eigenvalue weighted by atomic mass is 16.1. The van der Waals surface area contributed by atoms with Gasteiger partial charge in [0.25, 0.3) is 0 Å². The molecule has 0 amide bonds. The Morgan fingerprint density at radius 3 is 1.73 bits per heavy atom.